The van der Waals surface area contributed by atoms with Crippen molar-refractivity contribution in [1.82, 2.24) is 4.90 Å². The van der Waals surface area contributed by atoms with Gasteiger partial charge in [0.25, 0.3) is 0 Å². The first-order chi connectivity index (χ1) is 8.40. The fraction of sp³-hybridized carbons (Fsp3) is 0.455. The number of rotatable bonds is 6. The molecule has 0 spiro atoms. The van der Waals surface area contributed by atoms with Crippen molar-refractivity contribution in [2.24, 2.45) is 0 Å². The highest BCUT2D eigenvalue weighted by molar-refractivity contribution is 5.68. The number of hydrogen-bond acceptors (Lipinski definition) is 4. The molecule has 18 heavy (non-hydrogen) atoms. The van der Waals surface area contributed by atoms with Gasteiger partial charge >= 0.3 is 6.61 Å². The summed E-state index contributed by atoms with van der Waals surface area (Å²) in [6.07, 6.45) is 0. The largest absolute Gasteiger partial charge is 0.432 e. The fourth-order valence-electron chi connectivity index (χ4n) is 1.32. The number of nitrogens with zero attached hydrogens (tertiary/aromatic N) is 1. The molecular weight excluding hydrogens is 247 g/mol. The number of halogens is 3. The van der Waals surface area contributed by atoms with E-state index in [1.54, 1.807) is 0 Å². The van der Waals surface area contributed by atoms with Crippen LogP contribution in [0.25, 0.3) is 0 Å². The Hall–Kier alpha value is -1.63. The molecule has 7 heteroatoms. The summed E-state index contributed by atoms with van der Waals surface area (Å²) in [5, 5.41) is 2.93. The summed E-state index contributed by atoms with van der Waals surface area (Å²) in [5.41, 5.74) is 6.09. The van der Waals surface area contributed by atoms with Crippen LogP contribution in [-0.4, -0.2) is 38.7 Å². The lowest BCUT2D eigenvalue weighted by molar-refractivity contribution is -0.0521. The number of nitrogens with one attached hydrogen (secondary N) is 1. The van der Waals surface area contributed by atoms with Gasteiger partial charge in [0, 0.05) is 25.2 Å². The van der Waals surface area contributed by atoms with E-state index < -0.39 is 18.2 Å². The van der Waals surface area contributed by atoms with Gasteiger partial charge in [-0.05, 0) is 14.1 Å². The molecule has 0 aliphatic carbocycles. The predicted octanol–water partition coefficient (Wildman–Crippen LogP) is 1.98. The summed E-state index contributed by atoms with van der Waals surface area (Å²) in [6, 6.07) is 2.09. The van der Waals surface area contributed by atoms with Crippen LogP contribution in [0.1, 0.15) is 0 Å². The maximum Gasteiger partial charge on any atom is 0.387 e. The first-order valence-corrected chi connectivity index (χ1v) is 5.32. The normalized spacial score (nSPS) is 11.1. The van der Waals surface area contributed by atoms with Crippen molar-refractivity contribution in [3.63, 3.8) is 0 Å². The lowest BCUT2D eigenvalue weighted by Gasteiger charge is -2.14. The first kappa shape index (κ1) is 14.4. The maximum atomic E-state index is 13.3. The number of anilines is 2. The van der Waals surface area contributed by atoms with Crippen LogP contribution < -0.4 is 15.8 Å². The van der Waals surface area contributed by atoms with Crippen LogP contribution in [0.15, 0.2) is 12.1 Å². The van der Waals surface area contributed by atoms with Crippen molar-refractivity contribution in [2.45, 2.75) is 6.61 Å². The summed E-state index contributed by atoms with van der Waals surface area (Å²) in [6.45, 7) is -1.79. The molecule has 0 heterocycles. The molecule has 0 aliphatic rings. The van der Waals surface area contributed by atoms with Crippen molar-refractivity contribution in [2.75, 3.05) is 38.2 Å². The van der Waals surface area contributed by atoms with Crippen LogP contribution in [0.2, 0.25) is 0 Å². The van der Waals surface area contributed by atoms with E-state index in [1.165, 1.54) is 0 Å². The number of nitrogens with two attached hydrogens (primary N) is 1. The van der Waals surface area contributed by atoms with Gasteiger partial charge in [-0.2, -0.15) is 8.78 Å². The minimum absolute atomic E-state index is 0.146. The fourth-order valence-corrected chi connectivity index (χ4v) is 1.32. The smallest absolute Gasteiger partial charge is 0.387 e. The quantitative estimate of drug-likeness (QED) is 0.771. The summed E-state index contributed by atoms with van der Waals surface area (Å²) in [5.74, 6) is -1.43. The van der Waals surface area contributed by atoms with Crippen molar-refractivity contribution < 1.29 is 17.9 Å². The van der Waals surface area contributed by atoms with Crippen molar-refractivity contribution in [1.29, 1.82) is 0 Å². The number of benzene rings is 1. The minimum Gasteiger partial charge on any atom is -0.432 e. The molecule has 0 bridgehead atoms. The van der Waals surface area contributed by atoms with Gasteiger partial charge in [-0.15, -0.1) is 0 Å². The number of alkyl halides is 2. The summed E-state index contributed by atoms with van der Waals surface area (Å²) < 4.78 is 41.4. The number of likely N-dealkylation sites (N-methyl/N-ethyl adjacent to an activating group) is 1. The molecule has 0 fully saturated rings. The molecule has 3 N–H and O–H groups in total. The number of ether oxygens (including phenoxy) is 1. The van der Waals surface area contributed by atoms with Gasteiger partial charge < -0.3 is 20.7 Å². The van der Waals surface area contributed by atoms with Crippen molar-refractivity contribution in [3.05, 3.63) is 17.9 Å². The Labute approximate surface area is 104 Å². The second-order valence-corrected chi connectivity index (χ2v) is 3.98. The van der Waals surface area contributed by atoms with E-state index >= 15 is 0 Å². The molecule has 0 aliphatic heterocycles. The van der Waals surface area contributed by atoms with Gasteiger partial charge in [0.2, 0.25) is 0 Å². The standard InChI is InChI=1S/C11H16F3N3O/c1-17(2)4-3-16-9-6-10(18-11(13)14)7(12)5-8(9)15/h5-6,11,16H,3-4,15H2,1-2H3. The lowest BCUT2D eigenvalue weighted by Crippen LogP contribution is -2.21. The van der Waals surface area contributed by atoms with E-state index in [9.17, 15) is 13.2 Å². The Morgan fingerprint density at radius 2 is 2.06 bits per heavy atom. The summed E-state index contributed by atoms with van der Waals surface area (Å²) in [4.78, 5) is 1.93. The average molecular weight is 263 g/mol. The molecule has 0 unspecified atom stereocenters. The Morgan fingerprint density at radius 3 is 2.61 bits per heavy atom. The van der Waals surface area contributed by atoms with Crippen molar-refractivity contribution >= 4 is 11.4 Å². The average Bonchev–Trinajstić information content (AvgIpc) is 2.23. The predicted molar refractivity (Wildman–Crippen MR) is 64.5 cm³/mol. The molecule has 0 saturated carbocycles. The molecule has 0 saturated heterocycles. The highest BCUT2D eigenvalue weighted by atomic mass is 19.3. The number of nitrogen functional groups attached to an aromatic ring is 1. The lowest BCUT2D eigenvalue weighted by atomic mass is 10.2. The molecule has 0 radical (unpaired) electrons. The van der Waals surface area contributed by atoms with Crippen LogP contribution in [0, 0.1) is 5.82 Å². The van der Waals surface area contributed by atoms with Crippen LogP contribution in [0.3, 0.4) is 0 Å². The van der Waals surface area contributed by atoms with Crippen LogP contribution >= 0.6 is 0 Å². The second kappa shape index (κ2) is 6.34. The monoisotopic (exact) mass is 263 g/mol. The van der Waals surface area contributed by atoms with E-state index in [1.807, 2.05) is 19.0 Å². The molecule has 4 nitrogen and oxygen atoms in total. The molecule has 1 aromatic rings. The topological polar surface area (TPSA) is 50.5 Å². The highest BCUT2D eigenvalue weighted by Crippen LogP contribution is 2.29. The van der Waals surface area contributed by atoms with Gasteiger partial charge in [-0.1, -0.05) is 0 Å². The highest BCUT2D eigenvalue weighted by Gasteiger charge is 2.13. The third-order valence-corrected chi connectivity index (χ3v) is 2.19. The Balaban J connectivity index is 2.77. The zero-order valence-electron chi connectivity index (χ0n) is 10.2. The van der Waals surface area contributed by atoms with E-state index in [0.29, 0.717) is 12.2 Å². The SMILES string of the molecule is CN(C)CCNc1cc(OC(F)F)c(F)cc1N. The zero-order valence-corrected chi connectivity index (χ0v) is 10.2. The molecule has 0 atom stereocenters. The third kappa shape index (κ3) is 4.33. The van der Waals surface area contributed by atoms with Crippen LogP contribution in [-0.2, 0) is 0 Å². The van der Waals surface area contributed by atoms with Gasteiger partial charge in [0.15, 0.2) is 11.6 Å². The van der Waals surface area contributed by atoms with Crippen LogP contribution in [0.5, 0.6) is 5.75 Å². The third-order valence-electron chi connectivity index (χ3n) is 2.19. The molecule has 0 aromatic heterocycles. The van der Waals surface area contributed by atoms with E-state index in [4.69, 9.17) is 5.73 Å². The molecule has 1 rings (SSSR count). The second-order valence-electron chi connectivity index (χ2n) is 3.98. The minimum atomic E-state index is -3.07. The molecule has 0 amide bonds. The molecule has 1 aromatic carbocycles. The maximum absolute atomic E-state index is 13.3. The van der Waals surface area contributed by atoms with E-state index in [2.05, 4.69) is 10.1 Å². The van der Waals surface area contributed by atoms with Gasteiger partial charge in [0.1, 0.15) is 0 Å². The molecular formula is C11H16F3N3O. The zero-order chi connectivity index (χ0) is 13.7. The van der Waals surface area contributed by atoms with E-state index in [0.717, 1.165) is 18.7 Å². The Bertz CT molecular complexity index is 399. The first-order valence-electron chi connectivity index (χ1n) is 5.32. The summed E-state index contributed by atoms with van der Waals surface area (Å²) >= 11 is 0. The Kier molecular flexibility index (Phi) is 5.08. The summed E-state index contributed by atoms with van der Waals surface area (Å²) in [7, 11) is 3.78. The Morgan fingerprint density at radius 1 is 1.39 bits per heavy atom. The number of hydrogen-bond donors (Lipinski definition) is 2. The van der Waals surface area contributed by atoms with Gasteiger partial charge in [0.05, 0.1) is 11.4 Å². The van der Waals surface area contributed by atoms with Crippen molar-refractivity contribution in [3.8, 4) is 5.75 Å². The van der Waals surface area contributed by atoms with Crippen LogP contribution in [0.4, 0.5) is 24.5 Å². The molecule has 102 valence electrons. The van der Waals surface area contributed by atoms with Gasteiger partial charge in [-0.25, -0.2) is 4.39 Å². The van der Waals surface area contributed by atoms with E-state index in [-0.39, 0.29) is 5.69 Å². The van der Waals surface area contributed by atoms with Gasteiger partial charge in [-0.3, -0.25) is 0 Å².